The van der Waals surface area contributed by atoms with E-state index in [0.717, 1.165) is 17.5 Å². The van der Waals surface area contributed by atoms with Gasteiger partial charge in [0.25, 0.3) is 0 Å². The number of carbonyl (C=O) groups excluding carboxylic acids is 1. The van der Waals surface area contributed by atoms with Gasteiger partial charge in [0.15, 0.2) is 11.5 Å². The van der Waals surface area contributed by atoms with Crippen LogP contribution in [0.15, 0.2) is 36.4 Å². The van der Waals surface area contributed by atoms with Crippen LogP contribution in [0, 0.1) is 5.82 Å². The summed E-state index contributed by atoms with van der Waals surface area (Å²) < 4.78 is 62.8. The van der Waals surface area contributed by atoms with Gasteiger partial charge in [-0.3, -0.25) is 4.79 Å². The normalized spacial score (nSPS) is 18.9. The predicted molar refractivity (Wildman–Crippen MR) is 96.6 cm³/mol. The lowest BCUT2D eigenvalue weighted by atomic mass is 10.1. The van der Waals surface area contributed by atoms with Crippen LogP contribution in [0.4, 0.5) is 17.6 Å². The molecule has 1 saturated heterocycles. The van der Waals surface area contributed by atoms with Gasteiger partial charge >= 0.3 is 12.1 Å². The molecule has 0 radical (unpaired) electrons. The molecule has 0 N–H and O–H groups in total. The molecular formula is C20H16ClF4NO3. The van der Waals surface area contributed by atoms with Crippen molar-refractivity contribution in [3.05, 3.63) is 58.4 Å². The Morgan fingerprint density at radius 1 is 1.07 bits per heavy atom. The number of hydrogen-bond donors (Lipinski definition) is 0. The standard InChI is InChI=1S/C20H16ClF4NO3/c21-12-3-6-17(29-16-5-2-11-1-4-13(22)8-15(11)16)18(7-12)28-14-9-26(10-14)19(27)20(23,24)25/h1,3-4,6-8,14,16H,2,5,9-10H2. The zero-order valence-electron chi connectivity index (χ0n) is 15.0. The number of ether oxygens (including phenoxy) is 2. The molecule has 0 spiro atoms. The molecule has 154 valence electrons. The highest BCUT2D eigenvalue weighted by molar-refractivity contribution is 6.30. The molecule has 0 bridgehead atoms. The number of hydrogen-bond acceptors (Lipinski definition) is 3. The fourth-order valence-electron chi connectivity index (χ4n) is 3.52. The van der Waals surface area contributed by atoms with E-state index in [1.165, 1.54) is 18.2 Å². The van der Waals surface area contributed by atoms with E-state index >= 15 is 0 Å². The van der Waals surface area contributed by atoms with Crippen LogP contribution < -0.4 is 9.47 Å². The van der Waals surface area contributed by atoms with Crippen LogP contribution in [-0.4, -0.2) is 36.2 Å². The number of nitrogens with zero attached hydrogens (tertiary/aromatic N) is 1. The Labute approximate surface area is 169 Å². The van der Waals surface area contributed by atoms with Crippen molar-refractivity contribution in [3.8, 4) is 11.5 Å². The van der Waals surface area contributed by atoms with Crippen LogP contribution in [0.1, 0.15) is 23.7 Å². The topological polar surface area (TPSA) is 38.8 Å². The minimum absolute atomic E-state index is 0.179. The first-order chi connectivity index (χ1) is 13.7. The number of likely N-dealkylation sites (tertiary alicyclic amines) is 1. The van der Waals surface area contributed by atoms with Crippen LogP contribution >= 0.6 is 11.6 Å². The molecule has 2 aromatic carbocycles. The summed E-state index contributed by atoms with van der Waals surface area (Å²) in [5.41, 5.74) is 1.77. The number of rotatable bonds is 4. The molecule has 0 saturated carbocycles. The van der Waals surface area contributed by atoms with Gasteiger partial charge in [0.05, 0.1) is 13.1 Å². The molecule has 1 heterocycles. The van der Waals surface area contributed by atoms with Gasteiger partial charge in [0.2, 0.25) is 0 Å². The zero-order valence-corrected chi connectivity index (χ0v) is 15.8. The average Bonchev–Trinajstić information content (AvgIpc) is 3.00. The Bertz CT molecular complexity index is 944. The molecule has 1 fully saturated rings. The molecular weight excluding hydrogens is 414 g/mol. The average molecular weight is 430 g/mol. The molecule has 2 aliphatic rings. The van der Waals surface area contributed by atoms with Gasteiger partial charge in [-0.2, -0.15) is 13.2 Å². The van der Waals surface area contributed by atoms with Crippen LogP contribution in [0.3, 0.4) is 0 Å². The van der Waals surface area contributed by atoms with E-state index in [1.54, 1.807) is 18.2 Å². The van der Waals surface area contributed by atoms with Crippen molar-refractivity contribution in [1.82, 2.24) is 4.90 Å². The van der Waals surface area contributed by atoms with Crippen molar-refractivity contribution < 1.29 is 31.8 Å². The summed E-state index contributed by atoms with van der Waals surface area (Å²) in [6.07, 6.45) is -4.45. The fourth-order valence-corrected chi connectivity index (χ4v) is 3.68. The lowest BCUT2D eigenvalue weighted by Crippen LogP contribution is -2.59. The summed E-state index contributed by atoms with van der Waals surface area (Å²) in [7, 11) is 0. The van der Waals surface area contributed by atoms with E-state index in [0.29, 0.717) is 22.1 Å². The quantitative estimate of drug-likeness (QED) is 0.661. The third kappa shape index (κ3) is 4.12. The van der Waals surface area contributed by atoms with Gasteiger partial charge < -0.3 is 14.4 Å². The second kappa shape index (κ2) is 7.40. The van der Waals surface area contributed by atoms with Crippen molar-refractivity contribution in [2.75, 3.05) is 13.1 Å². The zero-order chi connectivity index (χ0) is 20.8. The smallest absolute Gasteiger partial charge is 0.471 e. The van der Waals surface area contributed by atoms with Crippen molar-refractivity contribution in [3.63, 3.8) is 0 Å². The SMILES string of the molecule is O=C(N1CC(Oc2cc(Cl)ccc2OC2CCc3ccc(F)cc32)C1)C(F)(F)F. The fraction of sp³-hybridized carbons (Fsp3) is 0.350. The van der Waals surface area contributed by atoms with E-state index < -0.39 is 18.2 Å². The van der Waals surface area contributed by atoms with E-state index in [9.17, 15) is 22.4 Å². The van der Waals surface area contributed by atoms with E-state index in [-0.39, 0.29) is 30.8 Å². The molecule has 4 nitrogen and oxygen atoms in total. The molecule has 9 heteroatoms. The number of carbonyl (C=O) groups is 1. The summed E-state index contributed by atoms with van der Waals surface area (Å²) in [6, 6.07) is 9.29. The van der Waals surface area contributed by atoms with Crippen molar-refractivity contribution >= 4 is 17.5 Å². The Morgan fingerprint density at radius 2 is 1.83 bits per heavy atom. The Balaban J connectivity index is 1.46. The maximum absolute atomic E-state index is 13.6. The van der Waals surface area contributed by atoms with Crippen LogP contribution in [-0.2, 0) is 11.2 Å². The second-order valence-corrected chi connectivity index (χ2v) is 7.46. The van der Waals surface area contributed by atoms with Crippen LogP contribution in [0.25, 0.3) is 0 Å². The van der Waals surface area contributed by atoms with E-state index in [1.807, 2.05) is 0 Å². The van der Waals surface area contributed by atoms with Crippen molar-refractivity contribution in [2.24, 2.45) is 0 Å². The summed E-state index contributed by atoms with van der Waals surface area (Å²) in [5.74, 6) is -1.61. The predicted octanol–water partition coefficient (Wildman–Crippen LogP) is 4.70. The summed E-state index contributed by atoms with van der Waals surface area (Å²) in [4.78, 5) is 11.9. The minimum Gasteiger partial charge on any atom is -0.483 e. The van der Waals surface area contributed by atoms with Gasteiger partial charge in [-0.15, -0.1) is 0 Å². The van der Waals surface area contributed by atoms with Crippen molar-refractivity contribution in [1.29, 1.82) is 0 Å². The Morgan fingerprint density at radius 3 is 2.55 bits per heavy atom. The number of alkyl halides is 3. The minimum atomic E-state index is -4.90. The van der Waals surface area contributed by atoms with E-state index in [4.69, 9.17) is 21.1 Å². The molecule has 1 atom stereocenters. The number of aryl methyl sites for hydroxylation is 1. The van der Waals surface area contributed by atoms with Gasteiger partial charge in [-0.25, -0.2) is 4.39 Å². The molecule has 1 aliphatic carbocycles. The molecule has 4 rings (SSSR count). The third-order valence-electron chi connectivity index (χ3n) is 4.98. The van der Waals surface area contributed by atoms with Gasteiger partial charge in [-0.1, -0.05) is 17.7 Å². The van der Waals surface area contributed by atoms with Gasteiger partial charge in [-0.05, 0) is 48.2 Å². The maximum atomic E-state index is 13.6. The summed E-state index contributed by atoms with van der Waals surface area (Å²) >= 11 is 6.02. The third-order valence-corrected chi connectivity index (χ3v) is 5.21. The first-order valence-electron chi connectivity index (χ1n) is 8.98. The number of halogens is 5. The van der Waals surface area contributed by atoms with Gasteiger partial charge in [0.1, 0.15) is 18.0 Å². The molecule has 1 amide bonds. The molecule has 2 aromatic rings. The Hall–Kier alpha value is -2.48. The molecule has 29 heavy (non-hydrogen) atoms. The van der Waals surface area contributed by atoms with Gasteiger partial charge in [0, 0.05) is 11.1 Å². The second-order valence-electron chi connectivity index (χ2n) is 7.03. The van der Waals surface area contributed by atoms with Crippen molar-refractivity contribution in [2.45, 2.75) is 31.2 Å². The molecule has 1 unspecified atom stereocenters. The monoisotopic (exact) mass is 429 g/mol. The largest absolute Gasteiger partial charge is 0.483 e. The van der Waals surface area contributed by atoms with E-state index in [2.05, 4.69) is 0 Å². The van der Waals surface area contributed by atoms with Crippen LogP contribution in [0.2, 0.25) is 5.02 Å². The Kier molecular flexibility index (Phi) is 5.06. The highest BCUT2D eigenvalue weighted by Gasteiger charge is 2.47. The lowest BCUT2D eigenvalue weighted by molar-refractivity contribution is -0.193. The summed E-state index contributed by atoms with van der Waals surface area (Å²) in [6.45, 7) is -0.358. The summed E-state index contributed by atoms with van der Waals surface area (Å²) in [5, 5.41) is 0.368. The highest BCUT2D eigenvalue weighted by atomic mass is 35.5. The number of fused-ring (bicyclic) bond motifs is 1. The highest BCUT2D eigenvalue weighted by Crippen LogP contribution is 2.40. The van der Waals surface area contributed by atoms with Crippen LogP contribution in [0.5, 0.6) is 11.5 Å². The number of benzene rings is 2. The maximum Gasteiger partial charge on any atom is 0.471 e. The number of amides is 1. The molecule has 1 aliphatic heterocycles. The molecule has 0 aromatic heterocycles. The first-order valence-corrected chi connectivity index (χ1v) is 9.36. The first kappa shape index (κ1) is 19.8. The lowest BCUT2D eigenvalue weighted by Gasteiger charge is -2.39.